The third kappa shape index (κ3) is 4.04. The van der Waals surface area contributed by atoms with Gasteiger partial charge in [-0.2, -0.15) is 0 Å². The van der Waals surface area contributed by atoms with Crippen LogP contribution in [0.4, 0.5) is 0 Å². The first-order valence-electron chi connectivity index (χ1n) is 5.56. The zero-order valence-corrected chi connectivity index (χ0v) is 10.5. The number of carbonyl (C=O) groups is 2. The van der Waals surface area contributed by atoms with E-state index < -0.39 is 12.1 Å². The smallest absolute Gasteiger partial charge is 0.354 e. The molecule has 1 aromatic rings. The van der Waals surface area contributed by atoms with Gasteiger partial charge in [-0.25, -0.2) is 9.78 Å². The summed E-state index contributed by atoms with van der Waals surface area (Å²) in [5, 5.41) is 11.4. The summed E-state index contributed by atoms with van der Waals surface area (Å²) in [5.74, 6) is -0.981. The third-order valence-electron chi connectivity index (χ3n) is 2.07. The number of ether oxygens (including phenoxy) is 1. The number of carboxylic acid groups (broad SMARTS) is 1. The Balaban J connectivity index is 2.61. The zero-order chi connectivity index (χ0) is 13.7. The van der Waals surface area contributed by atoms with Crippen LogP contribution in [0.3, 0.4) is 0 Å². The molecular weight excluding hydrogens is 236 g/mol. The zero-order valence-electron chi connectivity index (χ0n) is 10.5. The lowest BCUT2D eigenvalue weighted by Gasteiger charge is -2.16. The standard InChI is InChI=1S/C12H16N2O4/c1-7(2)14-11(15)8(3)18-9-4-5-10(12(16)17)13-6-9/h4-8H,1-3H3,(H,14,15)(H,16,17). The molecule has 1 amide bonds. The van der Waals surface area contributed by atoms with Crippen molar-refractivity contribution in [3.63, 3.8) is 0 Å². The second kappa shape index (κ2) is 6.00. The maximum atomic E-state index is 11.6. The topological polar surface area (TPSA) is 88.5 Å². The van der Waals surface area contributed by atoms with Crippen LogP contribution in [0, 0.1) is 0 Å². The lowest BCUT2D eigenvalue weighted by Crippen LogP contribution is -2.40. The second-order valence-electron chi connectivity index (χ2n) is 4.11. The van der Waals surface area contributed by atoms with E-state index >= 15 is 0 Å². The van der Waals surface area contributed by atoms with E-state index in [1.165, 1.54) is 18.3 Å². The molecule has 98 valence electrons. The van der Waals surface area contributed by atoms with Gasteiger partial charge in [0.1, 0.15) is 11.4 Å². The molecule has 0 fully saturated rings. The van der Waals surface area contributed by atoms with Gasteiger partial charge < -0.3 is 15.2 Å². The van der Waals surface area contributed by atoms with Gasteiger partial charge in [0, 0.05) is 6.04 Å². The molecule has 0 spiro atoms. The number of hydrogen-bond donors (Lipinski definition) is 2. The third-order valence-corrected chi connectivity index (χ3v) is 2.07. The summed E-state index contributed by atoms with van der Waals surface area (Å²) in [6.07, 6.45) is 0.618. The number of rotatable bonds is 5. The average Bonchev–Trinajstić information content (AvgIpc) is 2.28. The number of pyridine rings is 1. The minimum Gasteiger partial charge on any atom is -0.479 e. The summed E-state index contributed by atoms with van der Waals surface area (Å²) in [6, 6.07) is 2.83. The van der Waals surface area contributed by atoms with Crippen molar-refractivity contribution in [3.8, 4) is 5.75 Å². The monoisotopic (exact) mass is 252 g/mol. The minimum atomic E-state index is -1.10. The molecule has 1 aromatic heterocycles. The molecule has 0 aliphatic rings. The van der Waals surface area contributed by atoms with Crippen LogP contribution in [0.15, 0.2) is 18.3 Å². The average molecular weight is 252 g/mol. The summed E-state index contributed by atoms with van der Waals surface area (Å²) in [7, 11) is 0. The number of nitrogens with one attached hydrogen (secondary N) is 1. The number of nitrogens with zero attached hydrogens (tertiary/aromatic N) is 1. The second-order valence-corrected chi connectivity index (χ2v) is 4.11. The predicted molar refractivity (Wildman–Crippen MR) is 64.6 cm³/mol. The van der Waals surface area contributed by atoms with E-state index in [1.807, 2.05) is 13.8 Å². The van der Waals surface area contributed by atoms with Gasteiger partial charge in [0.2, 0.25) is 0 Å². The van der Waals surface area contributed by atoms with Crippen molar-refractivity contribution in [2.75, 3.05) is 0 Å². The summed E-state index contributed by atoms with van der Waals surface area (Å²) in [4.78, 5) is 25.9. The molecule has 1 atom stereocenters. The Kier molecular flexibility index (Phi) is 4.65. The molecule has 0 bridgehead atoms. The van der Waals surface area contributed by atoms with Gasteiger partial charge in [-0.15, -0.1) is 0 Å². The minimum absolute atomic E-state index is 0.0380. The summed E-state index contributed by atoms with van der Waals surface area (Å²) in [6.45, 7) is 5.32. The SMILES string of the molecule is CC(C)NC(=O)C(C)Oc1ccc(C(=O)O)nc1. The molecule has 0 aliphatic heterocycles. The van der Waals surface area contributed by atoms with Gasteiger partial charge >= 0.3 is 5.97 Å². The Morgan fingerprint density at radius 3 is 2.44 bits per heavy atom. The van der Waals surface area contributed by atoms with E-state index in [2.05, 4.69) is 10.3 Å². The quantitative estimate of drug-likeness (QED) is 0.818. The van der Waals surface area contributed by atoms with Gasteiger partial charge in [0.15, 0.2) is 6.10 Å². The fraction of sp³-hybridized carbons (Fsp3) is 0.417. The molecule has 1 rings (SSSR count). The Morgan fingerprint density at radius 2 is 2.00 bits per heavy atom. The highest BCUT2D eigenvalue weighted by Crippen LogP contribution is 2.11. The lowest BCUT2D eigenvalue weighted by molar-refractivity contribution is -0.127. The maximum absolute atomic E-state index is 11.6. The number of hydrogen-bond acceptors (Lipinski definition) is 4. The maximum Gasteiger partial charge on any atom is 0.354 e. The van der Waals surface area contributed by atoms with Crippen LogP contribution in [-0.2, 0) is 4.79 Å². The summed E-state index contributed by atoms with van der Waals surface area (Å²) < 4.78 is 5.34. The molecule has 0 aliphatic carbocycles. The predicted octanol–water partition coefficient (Wildman–Crippen LogP) is 1.07. The highest BCUT2D eigenvalue weighted by Gasteiger charge is 2.15. The summed E-state index contributed by atoms with van der Waals surface area (Å²) in [5.41, 5.74) is -0.0679. The molecule has 6 nitrogen and oxygen atoms in total. The molecule has 6 heteroatoms. The van der Waals surface area contributed by atoms with E-state index in [4.69, 9.17) is 9.84 Å². The molecule has 18 heavy (non-hydrogen) atoms. The van der Waals surface area contributed by atoms with E-state index in [9.17, 15) is 9.59 Å². The number of amides is 1. The van der Waals surface area contributed by atoms with Crippen molar-refractivity contribution in [2.24, 2.45) is 0 Å². The highest BCUT2D eigenvalue weighted by atomic mass is 16.5. The van der Waals surface area contributed by atoms with Gasteiger partial charge in [-0.05, 0) is 32.9 Å². The van der Waals surface area contributed by atoms with Gasteiger partial charge in [0.05, 0.1) is 6.20 Å². The van der Waals surface area contributed by atoms with E-state index in [0.29, 0.717) is 5.75 Å². The highest BCUT2D eigenvalue weighted by molar-refractivity contribution is 5.85. The Labute approximate surface area is 105 Å². The molecule has 0 aromatic carbocycles. The van der Waals surface area contributed by atoms with Crippen LogP contribution in [0.5, 0.6) is 5.75 Å². The molecule has 0 saturated carbocycles. The van der Waals surface area contributed by atoms with Crippen LogP contribution in [0.25, 0.3) is 0 Å². The van der Waals surface area contributed by atoms with Gasteiger partial charge in [-0.3, -0.25) is 4.79 Å². The van der Waals surface area contributed by atoms with Crippen molar-refractivity contribution in [1.82, 2.24) is 10.3 Å². The first kappa shape index (κ1) is 14.0. The molecular formula is C12H16N2O4. The Bertz CT molecular complexity index is 428. The first-order chi connectivity index (χ1) is 8.40. The van der Waals surface area contributed by atoms with Crippen molar-refractivity contribution in [2.45, 2.75) is 32.9 Å². The lowest BCUT2D eigenvalue weighted by atomic mass is 10.3. The number of aromatic carboxylic acids is 1. The van der Waals surface area contributed by atoms with Crippen LogP contribution >= 0.6 is 0 Å². The fourth-order valence-electron chi connectivity index (χ4n) is 1.24. The van der Waals surface area contributed by atoms with Crippen molar-refractivity contribution < 1.29 is 19.4 Å². The molecule has 1 heterocycles. The number of carboxylic acids is 1. The van der Waals surface area contributed by atoms with Crippen molar-refractivity contribution in [1.29, 1.82) is 0 Å². The van der Waals surface area contributed by atoms with Gasteiger partial charge in [-0.1, -0.05) is 0 Å². The number of carbonyl (C=O) groups excluding carboxylic acids is 1. The summed E-state index contributed by atoms with van der Waals surface area (Å²) >= 11 is 0. The van der Waals surface area contributed by atoms with Crippen molar-refractivity contribution in [3.05, 3.63) is 24.0 Å². The fourth-order valence-corrected chi connectivity index (χ4v) is 1.24. The Hall–Kier alpha value is -2.11. The van der Waals surface area contributed by atoms with Gasteiger partial charge in [0.25, 0.3) is 5.91 Å². The molecule has 2 N–H and O–H groups in total. The largest absolute Gasteiger partial charge is 0.479 e. The van der Waals surface area contributed by atoms with Crippen LogP contribution in [-0.4, -0.2) is 34.1 Å². The van der Waals surface area contributed by atoms with Crippen LogP contribution < -0.4 is 10.1 Å². The normalized spacial score (nSPS) is 12.0. The molecule has 1 unspecified atom stereocenters. The van der Waals surface area contributed by atoms with E-state index in [-0.39, 0.29) is 17.6 Å². The Morgan fingerprint density at radius 1 is 1.33 bits per heavy atom. The van der Waals surface area contributed by atoms with Crippen LogP contribution in [0.2, 0.25) is 0 Å². The first-order valence-corrected chi connectivity index (χ1v) is 5.56. The van der Waals surface area contributed by atoms with E-state index in [0.717, 1.165) is 0 Å². The van der Waals surface area contributed by atoms with Crippen molar-refractivity contribution >= 4 is 11.9 Å². The van der Waals surface area contributed by atoms with Crippen LogP contribution in [0.1, 0.15) is 31.3 Å². The molecule has 0 saturated heterocycles. The molecule has 0 radical (unpaired) electrons. The van der Waals surface area contributed by atoms with E-state index in [1.54, 1.807) is 6.92 Å². The number of aromatic nitrogens is 1.